The van der Waals surface area contributed by atoms with Crippen LogP contribution in [-0.4, -0.2) is 9.78 Å². The van der Waals surface area contributed by atoms with Crippen LogP contribution in [0.3, 0.4) is 0 Å². The minimum atomic E-state index is 0.433. The quantitative estimate of drug-likeness (QED) is 0.866. The molecule has 18 heavy (non-hydrogen) atoms. The van der Waals surface area contributed by atoms with E-state index in [2.05, 4.69) is 48.7 Å². The molecule has 2 rings (SSSR count). The maximum atomic E-state index is 4.53. The van der Waals surface area contributed by atoms with Gasteiger partial charge in [-0.05, 0) is 43.3 Å². The molecule has 4 heteroatoms. The van der Waals surface area contributed by atoms with Gasteiger partial charge in [-0.1, -0.05) is 6.92 Å². The average molecular weight is 263 g/mol. The van der Waals surface area contributed by atoms with E-state index in [-0.39, 0.29) is 0 Å². The summed E-state index contributed by atoms with van der Waals surface area (Å²) in [6.45, 7) is 8.26. The molecule has 0 saturated carbocycles. The molecule has 0 aromatic carbocycles. The molecule has 0 aliphatic carbocycles. The number of aromatic nitrogens is 2. The summed E-state index contributed by atoms with van der Waals surface area (Å²) in [7, 11) is 0. The molecule has 2 aromatic heterocycles. The minimum absolute atomic E-state index is 0.433. The van der Waals surface area contributed by atoms with Gasteiger partial charge in [0.2, 0.25) is 0 Å². The number of rotatable bonds is 6. The van der Waals surface area contributed by atoms with E-state index in [9.17, 15) is 0 Å². The van der Waals surface area contributed by atoms with Crippen LogP contribution in [0.2, 0.25) is 0 Å². The molecule has 0 saturated heterocycles. The summed E-state index contributed by atoms with van der Waals surface area (Å²) in [5, 5.41) is 10.2. The Morgan fingerprint density at radius 2 is 2.17 bits per heavy atom. The number of thiophene rings is 1. The summed E-state index contributed by atoms with van der Waals surface area (Å²) in [4.78, 5) is 1.45. The standard InChI is InChI=1S/C14H21N3S/c1-4-12-6-8-18-14(12)10-15-9-13-5-7-17(16-13)11(2)3/h5-8,11,15H,4,9-10H2,1-3H3. The summed E-state index contributed by atoms with van der Waals surface area (Å²) in [6.07, 6.45) is 3.16. The maximum Gasteiger partial charge on any atom is 0.0762 e. The Morgan fingerprint density at radius 1 is 1.33 bits per heavy atom. The third kappa shape index (κ3) is 3.21. The first kappa shape index (κ1) is 13.3. The molecule has 3 nitrogen and oxygen atoms in total. The van der Waals surface area contributed by atoms with Gasteiger partial charge < -0.3 is 5.32 Å². The molecule has 2 heterocycles. The molecule has 0 fully saturated rings. The van der Waals surface area contributed by atoms with Crippen molar-refractivity contribution in [3.05, 3.63) is 39.8 Å². The predicted molar refractivity (Wildman–Crippen MR) is 76.9 cm³/mol. The van der Waals surface area contributed by atoms with Gasteiger partial charge in [-0.25, -0.2) is 0 Å². The van der Waals surface area contributed by atoms with Crippen LogP contribution in [-0.2, 0) is 19.5 Å². The van der Waals surface area contributed by atoms with E-state index in [0.717, 1.165) is 25.2 Å². The molecule has 2 aromatic rings. The monoisotopic (exact) mass is 263 g/mol. The minimum Gasteiger partial charge on any atom is -0.306 e. The number of hydrogen-bond acceptors (Lipinski definition) is 3. The second-order valence-electron chi connectivity index (χ2n) is 4.71. The Bertz CT molecular complexity index is 485. The van der Waals surface area contributed by atoms with Crippen LogP contribution in [0.15, 0.2) is 23.7 Å². The molecule has 98 valence electrons. The van der Waals surface area contributed by atoms with Crippen molar-refractivity contribution in [3.8, 4) is 0 Å². The van der Waals surface area contributed by atoms with Crippen molar-refractivity contribution in [2.24, 2.45) is 0 Å². The summed E-state index contributed by atoms with van der Waals surface area (Å²) in [6, 6.07) is 4.74. The van der Waals surface area contributed by atoms with Gasteiger partial charge in [-0.15, -0.1) is 11.3 Å². The van der Waals surface area contributed by atoms with Crippen molar-refractivity contribution >= 4 is 11.3 Å². The van der Waals surface area contributed by atoms with Gasteiger partial charge in [0.05, 0.1) is 5.69 Å². The van der Waals surface area contributed by atoms with Gasteiger partial charge in [-0.3, -0.25) is 4.68 Å². The highest BCUT2D eigenvalue weighted by atomic mass is 32.1. The van der Waals surface area contributed by atoms with E-state index in [0.29, 0.717) is 6.04 Å². The van der Waals surface area contributed by atoms with Crippen LogP contribution in [0.5, 0.6) is 0 Å². The van der Waals surface area contributed by atoms with Gasteiger partial charge in [-0.2, -0.15) is 5.10 Å². The van der Waals surface area contributed by atoms with Crippen molar-refractivity contribution in [1.82, 2.24) is 15.1 Å². The zero-order valence-electron chi connectivity index (χ0n) is 11.3. The lowest BCUT2D eigenvalue weighted by molar-refractivity contribution is 0.521. The highest BCUT2D eigenvalue weighted by molar-refractivity contribution is 7.10. The lowest BCUT2D eigenvalue weighted by Gasteiger charge is -2.05. The van der Waals surface area contributed by atoms with E-state index in [1.54, 1.807) is 0 Å². The van der Waals surface area contributed by atoms with E-state index >= 15 is 0 Å². The Morgan fingerprint density at radius 3 is 2.83 bits per heavy atom. The van der Waals surface area contributed by atoms with E-state index < -0.39 is 0 Å². The fraction of sp³-hybridized carbons (Fsp3) is 0.500. The van der Waals surface area contributed by atoms with Crippen LogP contribution in [0.25, 0.3) is 0 Å². The van der Waals surface area contributed by atoms with Gasteiger partial charge in [0.25, 0.3) is 0 Å². The van der Waals surface area contributed by atoms with E-state index in [4.69, 9.17) is 0 Å². The zero-order valence-corrected chi connectivity index (χ0v) is 12.1. The topological polar surface area (TPSA) is 29.9 Å². The predicted octanol–water partition coefficient (Wildman–Crippen LogP) is 3.38. The van der Waals surface area contributed by atoms with Crippen LogP contribution in [0, 0.1) is 0 Å². The molecular weight excluding hydrogens is 242 g/mol. The van der Waals surface area contributed by atoms with Crippen LogP contribution < -0.4 is 5.32 Å². The maximum absolute atomic E-state index is 4.53. The second kappa shape index (κ2) is 6.16. The van der Waals surface area contributed by atoms with Crippen molar-refractivity contribution in [2.75, 3.05) is 0 Å². The molecule has 0 atom stereocenters. The fourth-order valence-corrected chi connectivity index (χ4v) is 2.85. The third-order valence-electron chi connectivity index (χ3n) is 3.00. The molecular formula is C14H21N3S. The van der Waals surface area contributed by atoms with Gasteiger partial charge in [0, 0.05) is 30.2 Å². The Kier molecular flexibility index (Phi) is 4.55. The first-order chi connectivity index (χ1) is 8.70. The summed E-state index contributed by atoms with van der Waals surface area (Å²) < 4.78 is 2.00. The first-order valence-corrected chi connectivity index (χ1v) is 7.38. The van der Waals surface area contributed by atoms with Crippen LogP contribution >= 0.6 is 11.3 Å². The van der Waals surface area contributed by atoms with Crippen molar-refractivity contribution in [3.63, 3.8) is 0 Å². The Labute approximate surface area is 113 Å². The normalized spacial score (nSPS) is 11.3. The molecule has 0 radical (unpaired) electrons. The SMILES string of the molecule is CCc1ccsc1CNCc1ccn(C(C)C)n1. The van der Waals surface area contributed by atoms with Crippen LogP contribution in [0.4, 0.5) is 0 Å². The lowest BCUT2D eigenvalue weighted by atomic mass is 10.2. The van der Waals surface area contributed by atoms with E-state index in [1.807, 2.05) is 22.2 Å². The fourth-order valence-electron chi connectivity index (χ4n) is 1.90. The second-order valence-corrected chi connectivity index (χ2v) is 5.71. The Hall–Kier alpha value is -1.13. The average Bonchev–Trinajstić information content (AvgIpc) is 2.97. The molecule has 1 N–H and O–H groups in total. The van der Waals surface area contributed by atoms with Crippen molar-refractivity contribution in [2.45, 2.75) is 46.3 Å². The number of nitrogens with one attached hydrogen (secondary N) is 1. The smallest absolute Gasteiger partial charge is 0.0762 e. The number of nitrogens with zero attached hydrogens (tertiary/aromatic N) is 2. The highest BCUT2D eigenvalue weighted by Crippen LogP contribution is 2.17. The van der Waals surface area contributed by atoms with Gasteiger partial charge in [0.15, 0.2) is 0 Å². The van der Waals surface area contributed by atoms with Crippen LogP contribution in [0.1, 0.15) is 42.9 Å². The van der Waals surface area contributed by atoms with Crippen molar-refractivity contribution < 1.29 is 0 Å². The number of hydrogen-bond donors (Lipinski definition) is 1. The number of aryl methyl sites for hydroxylation is 1. The highest BCUT2D eigenvalue weighted by Gasteiger charge is 2.04. The largest absolute Gasteiger partial charge is 0.306 e. The van der Waals surface area contributed by atoms with Gasteiger partial charge >= 0.3 is 0 Å². The lowest BCUT2D eigenvalue weighted by Crippen LogP contribution is -2.13. The molecule has 0 unspecified atom stereocenters. The third-order valence-corrected chi connectivity index (χ3v) is 3.97. The molecule has 0 amide bonds. The molecule has 0 aliphatic heterocycles. The Balaban J connectivity index is 1.84. The van der Waals surface area contributed by atoms with Gasteiger partial charge in [0.1, 0.15) is 0 Å². The summed E-state index contributed by atoms with van der Waals surface area (Å²) in [5.74, 6) is 0. The van der Waals surface area contributed by atoms with E-state index in [1.165, 1.54) is 10.4 Å². The molecule has 0 spiro atoms. The summed E-state index contributed by atoms with van der Waals surface area (Å²) in [5.41, 5.74) is 2.57. The van der Waals surface area contributed by atoms with Crippen molar-refractivity contribution in [1.29, 1.82) is 0 Å². The zero-order chi connectivity index (χ0) is 13.0. The summed E-state index contributed by atoms with van der Waals surface area (Å²) >= 11 is 1.83. The molecule has 0 aliphatic rings. The molecule has 0 bridgehead atoms. The first-order valence-electron chi connectivity index (χ1n) is 6.50.